The lowest BCUT2D eigenvalue weighted by molar-refractivity contribution is -0.145. The van der Waals surface area contributed by atoms with Crippen molar-refractivity contribution in [1.29, 1.82) is 0 Å². The average Bonchev–Trinajstić information content (AvgIpc) is 1.63. The maximum absolute atomic E-state index is 15.4. The first kappa shape index (κ1) is 115. The van der Waals surface area contributed by atoms with Crippen LogP contribution < -0.4 is 69.5 Å². The first-order chi connectivity index (χ1) is 71.3. The Bertz CT molecular complexity index is 6630. The number of aliphatic carboxylic acids is 7. The van der Waals surface area contributed by atoms with Crippen LogP contribution in [0.4, 0.5) is 5.69 Å². The zero-order valence-electron chi connectivity index (χ0n) is 82.4. The summed E-state index contributed by atoms with van der Waals surface area (Å²) in [6.07, 6.45) is -6.15. The molecule has 0 aliphatic carbocycles. The van der Waals surface area contributed by atoms with Crippen LogP contribution in [0.5, 0.6) is 5.75 Å². The topological polar surface area (TPSA) is 739 Å². The predicted molar refractivity (Wildman–Crippen MR) is 545 cm³/mol. The second kappa shape index (κ2) is 53.9. The molecule has 1 fully saturated rings. The number of hydrogen-bond donors (Lipinski definition) is 22. The van der Waals surface area contributed by atoms with E-state index in [9.17, 15) is 118 Å². The van der Waals surface area contributed by atoms with Crippen LogP contribution in [0.2, 0.25) is 0 Å². The number of anilines is 1. The Morgan fingerprint density at radius 3 is 1.49 bits per heavy atom. The summed E-state index contributed by atoms with van der Waals surface area (Å²) in [5.41, 5.74) is 23.8. The Morgan fingerprint density at radius 1 is 0.480 bits per heavy atom. The highest BCUT2D eigenvalue weighted by molar-refractivity contribution is 8.00. The molecule has 0 spiro atoms. The number of thioether (sulfide) groups is 1. The number of carboxylic acids is 7. The fraction of sp³-hybridized carbons (Fsp3) is 0.379. The quantitative estimate of drug-likeness (QED) is 0.0148. The zero-order chi connectivity index (χ0) is 110. The lowest BCUT2D eigenvalue weighted by atomic mass is 10.00. The number of aromatic amines is 2. The number of aromatic nitrogens is 4. The van der Waals surface area contributed by atoms with E-state index in [1.165, 1.54) is 24.3 Å². The van der Waals surface area contributed by atoms with Crippen molar-refractivity contribution in [2.75, 3.05) is 36.8 Å². The second-order valence-electron chi connectivity index (χ2n) is 35.9. The molecule has 46 nitrogen and oxygen atoms in total. The maximum Gasteiger partial charge on any atom is 0.326 e. The molecule has 10 atom stereocenters. The molecule has 10 rings (SSSR count). The minimum Gasteiger partial charge on any atom is -0.508 e. The van der Waals surface area contributed by atoms with Gasteiger partial charge in [-0.15, -0.1) is 11.8 Å². The van der Waals surface area contributed by atoms with E-state index in [2.05, 4.69) is 72.2 Å². The average molecular weight is 2090 g/mol. The number of rotatable bonds is 55. The highest BCUT2D eigenvalue weighted by atomic mass is 32.2. The predicted octanol–water partition coefficient (Wildman–Crippen LogP) is 3.15. The number of likely N-dealkylation sites (tertiary alicyclic amines) is 1. The van der Waals surface area contributed by atoms with E-state index >= 15 is 19.2 Å². The molecule has 4 aliphatic rings. The van der Waals surface area contributed by atoms with Gasteiger partial charge in [0.1, 0.15) is 60.1 Å². The Labute approximate surface area is 862 Å². The number of nitrogens with one attached hydrogen (secondary N) is 12. The van der Waals surface area contributed by atoms with Crippen LogP contribution in [0.1, 0.15) is 190 Å². The van der Waals surface area contributed by atoms with Crippen molar-refractivity contribution in [3.8, 4) is 17.6 Å². The third-order valence-corrected chi connectivity index (χ3v) is 26.5. The standard InChI is InChI=1S/C103H118N18O28S/c1-7-61-52(3)67-40-68-54(5)63(73(109-68)43-74-64(30-32-88(127)128)55(6)70(110-74)42-72-62(8-2)53(4)69(108-72)41-71(61)107-67)29-31-85(124)111-81(51-150-83-49-87(126)120(102(83)147)38-34-84(123)106-37-33-86(125)121-50-59-19-10-9-17-57(59)25-26-58-18-11-12-22-82(58)121)101(146)119-80(48-93(137)138)97(142)114-75(39-56-23-27-60(122)28-24-56)95(140)112-65(20-13-15-35-104)94(139)115-77(45-90(131)132)98(143)117-79(47-92(135)136)100(145)118-78(46-91(133)134)99(144)116-76(44-89(129)130)96(141)113-66(103(148)149)21-14-16-36-105/h7-12,17-19,22-24,27-28,40-43,65-66,75-81,83,108-109,122H,1-2,13-16,20-21,29-39,44-51,104-105H2,3-6H3,(H,106,123)(H,111,124)(H,112,140)(H,113,141)(H,114,142)(H,115,139)(H,116,144)(H,117,143)(H,118,145)(H,119,146)(H,127,128)(H,129,130)(H,131,132)(H,133,134)(H,135,136)(H,137,138)(H,148,149)/t65-,66-,75-,76-,77-,78-,79-,80-,81-,83?/m0/s1. The molecular weight excluding hydrogens is 1970 g/mol. The second-order valence-corrected chi connectivity index (χ2v) is 37.1. The van der Waals surface area contributed by atoms with E-state index in [-0.39, 0.29) is 94.8 Å². The Hall–Kier alpha value is -17.0. The fourth-order valence-electron chi connectivity index (χ4n) is 17.1. The normalized spacial score (nSPS) is 14.8. The molecule has 3 aromatic heterocycles. The van der Waals surface area contributed by atoms with Gasteiger partial charge in [0.05, 0.1) is 72.4 Å². The minimum atomic E-state index is -2.42. The summed E-state index contributed by atoms with van der Waals surface area (Å²) < 4.78 is 0. The van der Waals surface area contributed by atoms with Gasteiger partial charge in [-0.2, -0.15) is 0 Å². The highest BCUT2D eigenvalue weighted by Gasteiger charge is 2.43. The number of aromatic hydroxyl groups is 1. The molecule has 47 heteroatoms. The summed E-state index contributed by atoms with van der Waals surface area (Å²) in [6, 6.07) is 7.60. The Kier molecular flexibility index (Phi) is 41.3. The molecule has 7 heterocycles. The fourth-order valence-corrected chi connectivity index (χ4v) is 18.3. The third kappa shape index (κ3) is 31.8. The van der Waals surface area contributed by atoms with Gasteiger partial charge in [0.25, 0.3) is 0 Å². The largest absolute Gasteiger partial charge is 0.508 e. The van der Waals surface area contributed by atoms with Gasteiger partial charge in [-0.3, -0.25) is 96.0 Å². The molecule has 0 saturated carbocycles. The summed E-state index contributed by atoms with van der Waals surface area (Å²) in [5.74, 6) is -21.7. The molecule has 8 bridgehead atoms. The number of nitrogens with two attached hydrogens (primary N) is 2. The van der Waals surface area contributed by atoms with Crippen molar-refractivity contribution in [1.82, 2.24) is 78.0 Å². The van der Waals surface area contributed by atoms with Crippen molar-refractivity contribution in [3.63, 3.8) is 0 Å². The first-order valence-corrected chi connectivity index (χ1v) is 49.0. The number of H-pyrrole nitrogens is 2. The lowest BCUT2D eigenvalue weighted by Crippen LogP contribution is -2.61. The Balaban J connectivity index is 0.921. The number of para-hydroxylation sites is 1. The van der Waals surface area contributed by atoms with E-state index in [1.54, 1.807) is 60.4 Å². The van der Waals surface area contributed by atoms with Crippen molar-refractivity contribution in [3.05, 3.63) is 184 Å². The summed E-state index contributed by atoms with van der Waals surface area (Å²) in [4.78, 5) is 293. The highest BCUT2D eigenvalue weighted by Crippen LogP contribution is 2.38. The van der Waals surface area contributed by atoms with Gasteiger partial charge in [0.2, 0.25) is 76.8 Å². The molecule has 1 saturated heterocycles. The van der Waals surface area contributed by atoms with E-state index in [4.69, 9.17) is 21.4 Å². The number of benzene rings is 3. The van der Waals surface area contributed by atoms with Crippen molar-refractivity contribution < 1.29 is 137 Å². The number of carbonyl (C=O) groups excluding carboxylic acids is 13. The number of unbranched alkanes of at least 4 members (excludes halogenated alkanes) is 2. The number of carboxylic acid groups (broad SMARTS) is 7. The van der Waals surface area contributed by atoms with Crippen LogP contribution in [0.3, 0.4) is 0 Å². The van der Waals surface area contributed by atoms with Gasteiger partial charge in [0.15, 0.2) is 0 Å². The van der Waals surface area contributed by atoms with Crippen molar-refractivity contribution in [2.45, 2.75) is 216 Å². The van der Waals surface area contributed by atoms with Gasteiger partial charge in [-0.1, -0.05) is 79.6 Å². The van der Waals surface area contributed by atoms with Gasteiger partial charge in [-0.25, -0.2) is 14.8 Å². The number of imide groups is 1. The van der Waals surface area contributed by atoms with Crippen LogP contribution in [-0.4, -0.2) is 276 Å². The van der Waals surface area contributed by atoms with Crippen LogP contribution in [-0.2, 0) is 115 Å². The molecule has 150 heavy (non-hydrogen) atoms. The number of nitrogens with zero attached hydrogens (tertiary/aromatic N) is 4. The number of hydrogen-bond acceptors (Lipinski definition) is 26. The minimum absolute atomic E-state index is 0.0371. The van der Waals surface area contributed by atoms with Gasteiger partial charge >= 0.3 is 41.8 Å². The van der Waals surface area contributed by atoms with E-state index < -0.39 is 249 Å². The van der Waals surface area contributed by atoms with Gasteiger partial charge in [-0.05, 0) is 191 Å². The number of phenols is 1. The smallest absolute Gasteiger partial charge is 0.326 e. The molecule has 1 unspecified atom stereocenters. The zero-order valence-corrected chi connectivity index (χ0v) is 83.2. The Morgan fingerprint density at radius 2 is 0.947 bits per heavy atom. The van der Waals surface area contributed by atoms with Crippen molar-refractivity contribution in [2.24, 2.45) is 11.5 Å². The third-order valence-electron chi connectivity index (χ3n) is 25.2. The van der Waals surface area contributed by atoms with Crippen LogP contribution in [0.25, 0.3) is 50.4 Å². The van der Waals surface area contributed by atoms with Crippen LogP contribution >= 0.6 is 11.8 Å². The van der Waals surface area contributed by atoms with E-state index in [1.807, 2.05) is 73.1 Å². The lowest BCUT2D eigenvalue weighted by Gasteiger charge is -2.27. The van der Waals surface area contributed by atoms with Crippen LogP contribution in [0, 0.1) is 25.7 Å². The molecule has 794 valence electrons. The monoisotopic (exact) mass is 2090 g/mol. The summed E-state index contributed by atoms with van der Waals surface area (Å²) in [7, 11) is 0. The van der Waals surface area contributed by atoms with E-state index in [0.717, 1.165) is 38.3 Å². The SMILES string of the molecule is C=CC1=C(C)c2cc3[nH]c(cc4nc(cc5[nH]c(cc1n2)c(C)c5C=C)C(C)=C4CCC(=O)O)c(CCC(=O)N[C@@H](CSC1CC(=O)N(CCC(=O)NCCC(=O)N2Cc4ccccc4C#Cc4ccccc42)C1=O)C(=O)N[C@@H](CC(=O)O)C(=O)N[C@@H](Cc1ccc(O)cc1)C(=O)N[C@@H](CCCCN)C(=O)N[C@@H](CC(=O)O)C(=O)N[C@@H](CC(=O)O)C(=O)N[C@@H](CC(=O)O)C(=O)N[C@@H](CC(=O)O)C(=O)N[C@@H](CCCCN)C(=O)O)c3C. The van der Waals surface area contributed by atoms with E-state index in [0.29, 0.717) is 96.5 Å². The first-order valence-electron chi connectivity index (χ1n) is 47.9. The molecule has 3 aromatic carbocycles. The maximum atomic E-state index is 15.4. The van der Waals surface area contributed by atoms with Crippen molar-refractivity contribution >= 4 is 186 Å². The number of amides is 13. The number of allylic oxidation sites excluding steroid dienone is 5. The number of fused-ring (bicyclic) bond motifs is 10. The molecule has 0 radical (unpaired) electrons. The van der Waals surface area contributed by atoms with Gasteiger partial charge in [0, 0.05) is 102 Å². The number of aryl methyl sites for hydroxylation is 3. The molecule has 24 N–H and O–H groups in total. The number of carbonyl (C=O) groups is 20. The van der Waals surface area contributed by atoms with Crippen LogP contribution in [0.15, 0.2) is 116 Å². The molecule has 4 aliphatic heterocycles. The van der Waals surface area contributed by atoms with Gasteiger partial charge < -0.3 is 120 Å². The molecule has 13 amide bonds. The number of phenolic OH excluding ortho intramolecular Hbond substituents is 1. The summed E-state index contributed by atoms with van der Waals surface area (Å²) in [5, 5.41) is 101. The summed E-state index contributed by atoms with van der Waals surface area (Å²) >= 11 is 0.688. The molecule has 6 aromatic rings. The molecular formula is C103H118N18O28S. The summed E-state index contributed by atoms with van der Waals surface area (Å²) in [6.45, 7) is 15.2.